The van der Waals surface area contributed by atoms with Crippen LogP contribution in [0.3, 0.4) is 0 Å². The molecule has 122 valence electrons. The van der Waals surface area contributed by atoms with Gasteiger partial charge in [-0.2, -0.15) is 0 Å². The van der Waals surface area contributed by atoms with Gasteiger partial charge in [0.05, 0.1) is 11.0 Å². The lowest BCUT2D eigenvalue weighted by Crippen LogP contribution is -2.29. The number of rotatable bonds is 4. The standard InChI is InChI=1S/C19H18N2O3/c22-19(12-11-14-5-3-8-16(13-14)21(23)24)20-18-10-4-7-15-6-1-2-9-17(15)18/h1-3,5-6,8-9,11-13,18H,4,7,10H2,(H,20,22). The Kier molecular flexibility index (Phi) is 4.70. The van der Waals surface area contributed by atoms with Gasteiger partial charge in [-0.05, 0) is 42.0 Å². The van der Waals surface area contributed by atoms with Crippen LogP contribution in [0.25, 0.3) is 6.08 Å². The van der Waals surface area contributed by atoms with Crippen LogP contribution in [0, 0.1) is 10.1 Å². The first-order chi connectivity index (χ1) is 11.6. The Morgan fingerprint density at radius 3 is 2.88 bits per heavy atom. The molecule has 2 aromatic carbocycles. The van der Waals surface area contributed by atoms with Crippen molar-refractivity contribution < 1.29 is 9.72 Å². The van der Waals surface area contributed by atoms with Crippen molar-refractivity contribution in [1.82, 2.24) is 5.32 Å². The molecule has 0 aromatic heterocycles. The number of fused-ring (bicyclic) bond motifs is 1. The van der Waals surface area contributed by atoms with Crippen molar-refractivity contribution in [2.45, 2.75) is 25.3 Å². The van der Waals surface area contributed by atoms with Crippen molar-refractivity contribution in [2.75, 3.05) is 0 Å². The number of hydrogen-bond donors (Lipinski definition) is 1. The third-order valence-corrected chi connectivity index (χ3v) is 4.19. The van der Waals surface area contributed by atoms with Gasteiger partial charge in [-0.25, -0.2) is 0 Å². The summed E-state index contributed by atoms with van der Waals surface area (Å²) in [5, 5.41) is 13.8. The highest BCUT2D eigenvalue weighted by atomic mass is 16.6. The number of nitrogens with zero attached hydrogens (tertiary/aromatic N) is 1. The molecule has 0 spiro atoms. The first-order valence-electron chi connectivity index (χ1n) is 7.94. The van der Waals surface area contributed by atoms with Gasteiger partial charge in [0, 0.05) is 18.2 Å². The Bertz CT molecular complexity index is 799. The topological polar surface area (TPSA) is 72.2 Å². The van der Waals surface area contributed by atoms with Crippen LogP contribution in [0.2, 0.25) is 0 Å². The molecule has 1 unspecified atom stereocenters. The minimum absolute atomic E-state index is 0.0127. The van der Waals surface area contributed by atoms with Crippen molar-refractivity contribution in [2.24, 2.45) is 0 Å². The zero-order valence-electron chi connectivity index (χ0n) is 13.1. The fraction of sp³-hybridized carbons (Fsp3) is 0.211. The second kappa shape index (κ2) is 7.08. The van der Waals surface area contributed by atoms with E-state index >= 15 is 0 Å². The Labute approximate surface area is 140 Å². The summed E-state index contributed by atoms with van der Waals surface area (Å²) in [5.74, 6) is -0.191. The summed E-state index contributed by atoms with van der Waals surface area (Å²) in [4.78, 5) is 22.5. The molecular weight excluding hydrogens is 304 g/mol. The third-order valence-electron chi connectivity index (χ3n) is 4.19. The lowest BCUT2D eigenvalue weighted by Gasteiger charge is -2.25. The van der Waals surface area contributed by atoms with Crippen molar-refractivity contribution >= 4 is 17.7 Å². The number of hydrogen-bond acceptors (Lipinski definition) is 3. The minimum atomic E-state index is -0.448. The molecule has 1 amide bonds. The van der Waals surface area contributed by atoms with E-state index in [1.165, 1.54) is 29.3 Å². The average molecular weight is 322 g/mol. The highest BCUT2D eigenvalue weighted by Crippen LogP contribution is 2.29. The second-order valence-corrected chi connectivity index (χ2v) is 5.84. The summed E-state index contributed by atoms with van der Waals surface area (Å²) in [7, 11) is 0. The van der Waals surface area contributed by atoms with Gasteiger partial charge in [0.1, 0.15) is 0 Å². The van der Waals surface area contributed by atoms with Gasteiger partial charge in [0.2, 0.25) is 5.91 Å². The van der Waals surface area contributed by atoms with Crippen LogP contribution in [-0.4, -0.2) is 10.8 Å². The molecule has 0 saturated carbocycles. The van der Waals surface area contributed by atoms with Gasteiger partial charge >= 0.3 is 0 Å². The van der Waals surface area contributed by atoms with Crippen LogP contribution in [-0.2, 0) is 11.2 Å². The molecule has 1 aliphatic rings. The second-order valence-electron chi connectivity index (χ2n) is 5.84. The molecule has 5 heteroatoms. The zero-order valence-corrected chi connectivity index (χ0v) is 13.1. The Morgan fingerprint density at radius 2 is 2.04 bits per heavy atom. The maximum atomic E-state index is 12.2. The van der Waals surface area contributed by atoms with Crippen LogP contribution in [0.5, 0.6) is 0 Å². The van der Waals surface area contributed by atoms with Crippen molar-refractivity contribution in [3.8, 4) is 0 Å². The van der Waals surface area contributed by atoms with Crippen LogP contribution in [0.15, 0.2) is 54.6 Å². The lowest BCUT2D eigenvalue weighted by atomic mass is 9.88. The van der Waals surface area contributed by atoms with E-state index < -0.39 is 4.92 Å². The first-order valence-corrected chi connectivity index (χ1v) is 7.94. The molecule has 0 aliphatic heterocycles. The molecule has 0 saturated heterocycles. The van der Waals surface area contributed by atoms with E-state index in [9.17, 15) is 14.9 Å². The van der Waals surface area contributed by atoms with Crippen molar-refractivity contribution in [3.63, 3.8) is 0 Å². The van der Waals surface area contributed by atoms with E-state index in [-0.39, 0.29) is 17.6 Å². The van der Waals surface area contributed by atoms with E-state index in [0.717, 1.165) is 19.3 Å². The summed E-state index contributed by atoms with van der Waals surface area (Å²) >= 11 is 0. The van der Waals surface area contributed by atoms with E-state index in [0.29, 0.717) is 5.56 Å². The number of carbonyl (C=O) groups is 1. The molecule has 5 nitrogen and oxygen atoms in total. The number of benzene rings is 2. The van der Waals surface area contributed by atoms with Gasteiger partial charge in [-0.1, -0.05) is 36.4 Å². The Morgan fingerprint density at radius 1 is 1.21 bits per heavy atom. The number of non-ortho nitro benzene ring substituents is 1. The molecule has 0 fully saturated rings. The number of nitro benzene ring substituents is 1. The fourth-order valence-electron chi connectivity index (χ4n) is 3.04. The van der Waals surface area contributed by atoms with E-state index in [2.05, 4.69) is 17.4 Å². The molecule has 3 rings (SSSR count). The summed E-state index contributed by atoms with van der Waals surface area (Å²) in [6.07, 6.45) is 6.05. The highest BCUT2D eigenvalue weighted by Gasteiger charge is 2.20. The SMILES string of the molecule is O=C(C=Cc1cccc([N+](=O)[O-])c1)NC1CCCc2ccccc21. The number of nitrogens with one attached hydrogen (secondary N) is 1. The van der Waals surface area contributed by atoms with Gasteiger partial charge < -0.3 is 5.32 Å². The van der Waals surface area contributed by atoms with E-state index in [1.54, 1.807) is 18.2 Å². The highest BCUT2D eigenvalue weighted by molar-refractivity contribution is 5.92. The minimum Gasteiger partial charge on any atom is -0.346 e. The maximum Gasteiger partial charge on any atom is 0.270 e. The maximum absolute atomic E-state index is 12.2. The lowest BCUT2D eigenvalue weighted by molar-refractivity contribution is -0.384. The van der Waals surface area contributed by atoms with Gasteiger partial charge in [0.25, 0.3) is 5.69 Å². The number of amides is 1. The predicted octanol–water partition coefficient (Wildman–Crippen LogP) is 3.80. The summed E-state index contributed by atoms with van der Waals surface area (Å²) in [6, 6.07) is 14.4. The molecule has 1 N–H and O–H groups in total. The molecular formula is C19H18N2O3. The van der Waals surface area contributed by atoms with Crippen LogP contribution in [0.1, 0.15) is 35.6 Å². The predicted molar refractivity (Wildman–Crippen MR) is 92.4 cm³/mol. The average Bonchev–Trinajstić information content (AvgIpc) is 2.60. The number of carbonyl (C=O) groups excluding carboxylic acids is 1. The molecule has 0 bridgehead atoms. The molecule has 0 radical (unpaired) electrons. The fourth-order valence-corrected chi connectivity index (χ4v) is 3.04. The van der Waals surface area contributed by atoms with Crippen molar-refractivity contribution in [1.29, 1.82) is 0 Å². The normalized spacial score (nSPS) is 16.6. The molecule has 0 heterocycles. The van der Waals surface area contributed by atoms with Crippen LogP contribution in [0.4, 0.5) is 5.69 Å². The van der Waals surface area contributed by atoms with Gasteiger partial charge in [-0.3, -0.25) is 14.9 Å². The molecule has 24 heavy (non-hydrogen) atoms. The summed E-state index contributed by atoms with van der Waals surface area (Å²) in [5.41, 5.74) is 3.11. The largest absolute Gasteiger partial charge is 0.346 e. The third kappa shape index (κ3) is 3.68. The molecule has 1 aliphatic carbocycles. The number of aryl methyl sites for hydroxylation is 1. The number of nitro groups is 1. The van der Waals surface area contributed by atoms with E-state index in [4.69, 9.17) is 0 Å². The van der Waals surface area contributed by atoms with Crippen LogP contribution < -0.4 is 5.32 Å². The smallest absolute Gasteiger partial charge is 0.270 e. The van der Waals surface area contributed by atoms with E-state index in [1.807, 2.05) is 12.1 Å². The summed E-state index contributed by atoms with van der Waals surface area (Å²) in [6.45, 7) is 0. The first kappa shape index (κ1) is 15.9. The van der Waals surface area contributed by atoms with Gasteiger partial charge in [-0.15, -0.1) is 0 Å². The Balaban J connectivity index is 1.68. The molecule has 2 aromatic rings. The molecule has 1 atom stereocenters. The Hall–Kier alpha value is -2.95. The van der Waals surface area contributed by atoms with Crippen LogP contribution >= 0.6 is 0 Å². The zero-order chi connectivity index (χ0) is 16.9. The van der Waals surface area contributed by atoms with Crippen molar-refractivity contribution in [3.05, 3.63) is 81.4 Å². The van der Waals surface area contributed by atoms with Gasteiger partial charge in [0.15, 0.2) is 0 Å². The quantitative estimate of drug-likeness (QED) is 0.528. The summed E-state index contributed by atoms with van der Waals surface area (Å²) < 4.78 is 0. The monoisotopic (exact) mass is 322 g/mol.